The molecule has 4 nitrogen and oxygen atoms in total. The van der Waals surface area contributed by atoms with Crippen molar-refractivity contribution >= 4 is 6.09 Å². The van der Waals surface area contributed by atoms with Crippen molar-refractivity contribution in [3.8, 4) is 0 Å². The third-order valence-electron chi connectivity index (χ3n) is 5.40. The molecule has 124 valence electrons. The summed E-state index contributed by atoms with van der Waals surface area (Å²) in [6.45, 7) is 15.3. The first-order valence-corrected chi connectivity index (χ1v) is 8.17. The number of rotatable bonds is 4. The van der Waals surface area contributed by atoms with E-state index in [-0.39, 0.29) is 23.7 Å². The smallest absolute Gasteiger partial charge is 0.407 e. The second kappa shape index (κ2) is 6.45. The molecule has 22 heavy (non-hydrogen) atoms. The van der Waals surface area contributed by atoms with Crippen LogP contribution in [0.3, 0.4) is 0 Å². The highest BCUT2D eigenvalue weighted by Gasteiger charge is 2.53. The van der Waals surface area contributed by atoms with Crippen molar-refractivity contribution in [3.63, 3.8) is 0 Å². The number of allylic oxidation sites excluding steroid dienone is 1. The van der Waals surface area contributed by atoms with Crippen LogP contribution < -0.4 is 5.32 Å². The number of ether oxygens (including phenoxy) is 2. The Kier molecular flexibility index (Phi) is 5.00. The third-order valence-corrected chi connectivity index (χ3v) is 5.40. The number of alkyl carbamates (subject to hydrolysis) is 1. The van der Waals surface area contributed by atoms with E-state index in [1.807, 2.05) is 19.9 Å². The first-order chi connectivity index (χ1) is 10.3. The Hall–Kier alpha value is -1.29. The Morgan fingerprint density at radius 2 is 2.27 bits per heavy atom. The van der Waals surface area contributed by atoms with Crippen LogP contribution in [-0.2, 0) is 9.47 Å². The van der Waals surface area contributed by atoms with Crippen LogP contribution in [0.5, 0.6) is 0 Å². The number of carbonyl (C=O) groups is 1. The first kappa shape index (κ1) is 17.1. The van der Waals surface area contributed by atoms with Gasteiger partial charge in [-0.15, -0.1) is 6.58 Å². The van der Waals surface area contributed by atoms with Crippen molar-refractivity contribution in [3.05, 3.63) is 24.3 Å². The van der Waals surface area contributed by atoms with E-state index in [4.69, 9.17) is 9.47 Å². The zero-order valence-electron chi connectivity index (χ0n) is 14.4. The van der Waals surface area contributed by atoms with Gasteiger partial charge in [0.1, 0.15) is 6.61 Å². The molecule has 0 saturated carbocycles. The summed E-state index contributed by atoms with van der Waals surface area (Å²) in [5.74, 6) is 1.02. The predicted molar refractivity (Wildman–Crippen MR) is 87.6 cm³/mol. The first-order valence-electron chi connectivity index (χ1n) is 8.17. The number of hydrogen-bond acceptors (Lipinski definition) is 3. The third kappa shape index (κ3) is 2.94. The van der Waals surface area contributed by atoms with E-state index in [1.54, 1.807) is 0 Å². The highest BCUT2D eigenvalue weighted by molar-refractivity contribution is 5.67. The minimum atomic E-state index is -0.350. The lowest BCUT2D eigenvalue weighted by Crippen LogP contribution is -2.56. The second-order valence-corrected chi connectivity index (χ2v) is 7.13. The van der Waals surface area contributed by atoms with Crippen molar-refractivity contribution in [2.75, 3.05) is 13.2 Å². The Morgan fingerprint density at radius 1 is 1.59 bits per heavy atom. The molecule has 5 atom stereocenters. The van der Waals surface area contributed by atoms with Gasteiger partial charge in [0, 0.05) is 17.4 Å². The Morgan fingerprint density at radius 3 is 2.86 bits per heavy atom. The van der Waals surface area contributed by atoms with Crippen molar-refractivity contribution in [2.24, 2.45) is 23.2 Å². The molecule has 0 spiro atoms. The molecule has 0 aromatic rings. The molecular weight excluding hydrogens is 278 g/mol. The summed E-state index contributed by atoms with van der Waals surface area (Å²) in [6, 6.07) is 0.0776. The molecule has 1 N–H and O–H groups in total. The van der Waals surface area contributed by atoms with Crippen LogP contribution in [0.25, 0.3) is 0 Å². The van der Waals surface area contributed by atoms with Crippen molar-refractivity contribution in [1.29, 1.82) is 0 Å². The van der Waals surface area contributed by atoms with E-state index in [2.05, 4.69) is 38.7 Å². The lowest BCUT2D eigenvalue weighted by Gasteiger charge is -2.54. The molecule has 1 aliphatic carbocycles. The summed E-state index contributed by atoms with van der Waals surface area (Å²) in [4.78, 5) is 11.8. The Bertz CT molecular complexity index is 471. The monoisotopic (exact) mass is 307 g/mol. The van der Waals surface area contributed by atoms with E-state index in [0.717, 1.165) is 0 Å². The fraction of sp³-hybridized carbons (Fsp3) is 0.722. The van der Waals surface area contributed by atoms with Crippen LogP contribution in [0.1, 0.15) is 34.6 Å². The molecule has 0 aromatic heterocycles. The zero-order valence-corrected chi connectivity index (χ0v) is 14.4. The average Bonchev–Trinajstić information content (AvgIpc) is 2.43. The minimum absolute atomic E-state index is 0.0522. The lowest BCUT2D eigenvalue weighted by atomic mass is 9.56. The molecule has 4 heteroatoms. The summed E-state index contributed by atoms with van der Waals surface area (Å²) in [7, 11) is 0. The zero-order chi connectivity index (χ0) is 16.5. The number of nitrogens with one attached hydrogen (secondary N) is 1. The van der Waals surface area contributed by atoms with E-state index < -0.39 is 0 Å². The minimum Gasteiger partial charge on any atom is -0.449 e. The largest absolute Gasteiger partial charge is 0.449 e. The summed E-state index contributed by atoms with van der Waals surface area (Å²) < 4.78 is 11.6. The highest BCUT2D eigenvalue weighted by Crippen LogP contribution is 2.52. The van der Waals surface area contributed by atoms with Crippen molar-refractivity contribution in [2.45, 2.75) is 46.8 Å². The van der Waals surface area contributed by atoms with Gasteiger partial charge >= 0.3 is 6.09 Å². The molecule has 1 fully saturated rings. The topological polar surface area (TPSA) is 47.6 Å². The quantitative estimate of drug-likeness (QED) is 0.808. The molecule has 1 heterocycles. The Labute approximate surface area is 133 Å². The molecule has 1 saturated heterocycles. The van der Waals surface area contributed by atoms with Crippen LogP contribution in [0.15, 0.2) is 24.3 Å². The summed E-state index contributed by atoms with van der Waals surface area (Å²) in [5.41, 5.74) is 1.20. The van der Waals surface area contributed by atoms with Crippen LogP contribution in [0.4, 0.5) is 4.79 Å². The maximum absolute atomic E-state index is 11.8. The van der Waals surface area contributed by atoms with Gasteiger partial charge in [-0.1, -0.05) is 31.6 Å². The molecule has 0 radical (unpaired) electrons. The normalized spacial score (nSPS) is 37.5. The van der Waals surface area contributed by atoms with Gasteiger partial charge in [0.05, 0.1) is 12.7 Å². The summed E-state index contributed by atoms with van der Waals surface area (Å²) >= 11 is 0. The SMILES string of the molecule is C=C[C@H]1OC[C@]2(COC(=O)NC(C)C)[C@H](C)[C@H]1C(C)=C[C@@H]2C. The van der Waals surface area contributed by atoms with E-state index in [9.17, 15) is 4.79 Å². The van der Waals surface area contributed by atoms with Gasteiger partial charge in [0.2, 0.25) is 0 Å². The number of hydrogen-bond donors (Lipinski definition) is 1. The fourth-order valence-corrected chi connectivity index (χ4v) is 4.00. The predicted octanol–water partition coefficient (Wildman–Crippen LogP) is 3.54. The van der Waals surface area contributed by atoms with Gasteiger partial charge in [0.25, 0.3) is 0 Å². The lowest BCUT2D eigenvalue weighted by molar-refractivity contribution is -0.149. The molecule has 2 aliphatic rings. The fourth-order valence-electron chi connectivity index (χ4n) is 4.00. The number of amides is 1. The maximum atomic E-state index is 11.8. The van der Waals surface area contributed by atoms with Gasteiger partial charge in [-0.2, -0.15) is 0 Å². The van der Waals surface area contributed by atoms with Crippen LogP contribution >= 0.6 is 0 Å². The summed E-state index contributed by atoms with van der Waals surface area (Å²) in [5, 5.41) is 2.78. The maximum Gasteiger partial charge on any atom is 0.407 e. The highest BCUT2D eigenvalue weighted by atomic mass is 16.6. The average molecular weight is 307 g/mol. The van der Waals surface area contributed by atoms with Crippen LogP contribution in [0, 0.1) is 23.2 Å². The van der Waals surface area contributed by atoms with Gasteiger partial charge in [-0.25, -0.2) is 4.79 Å². The second-order valence-electron chi connectivity index (χ2n) is 7.13. The van der Waals surface area contributed by atoms with Gasteiger partial charge < -0.3 is 14.8 Å². The van der Waals surface area contributed by atoms with Crippen LogP contribution in [0.2, 0.25) is 0 Å². The number of carbonyl (C=O) groups excluding carboxylic acids is 1. The molecule has 0 aromatic carbocycles. The molecule has 1 amide bonds. The molecule has 2 bridgehead atoms. The van der Waals surface area contributed by atoms with E-state index in [1.165, 1.54) is 5.57 Å². The number of fused-ring (bicyclic) bond motifs is 2. The molecule has 0 unspecified atom stereocenters. The molecular formula is C18H29NO3. The molecule has 1 aliphatic heterocycles. The standard InChI is InChI=1S/C18H29NO3/c1-7-15-16-12(4)8-13(5)18(9-21-15,14(16)6)10-22-17(20)19-11(2)3/h7-8,11,13-16H,1,9-10H2,2-6H3,(H,19,20)/t13-,14+,15+,16+,18+/m0/s1. The van der Waals surface area contributed by atoms with Gasteiger partial charge in [-0.05, 0) is 32.6 Å². The molecule has 2 rings (SSSR count). The van der Waals surface area contributed by atoms with Gasteiger partial charge in [0.15, 0.2) is 0 Å². The van der Waals surface area contributed by atoms with Crippen molar-refractivity contribution < 1.29 is 14.3 Å². The van der Waals surface area contributed by atoms with Gasteiger partial charge in [-0.3, -0.25) is 0 Å². The Balaban J connectivity index is 2.18. The van der Waals surface area contributed by atoms with E-state index >= 15 is 0 Å². The van der Waals surface area contributed by atoms with E-state index in [0.29, 0.717) is 31.0 Å². The summed E-state index contributed by atoms with van der Waals surface area (Å²) in [6.07, 6.45) is 3.91. The van der Waals surface area contributed by atoms with Crippen molar-refractivity contribution in [1.82, 2.24) is 5.32 Å². The van der Waals surface area contributed by atoms with Crippen LogP contribution in [-0.4, -0.2) is 31.5 Å².